The number of amides is 1. The van der Waals surface area contributed by atoms with Crippen molar-refractivity contribution in [2.75, 3.05) is 11.9 Å². The van der Waals surface area contributed by atoms with Gasteiger partial charge < -0.3 is 10.0 Å². The Morgan fingerprint density at radius 2 is 1.41 bits per heavy atom. The first-order valence-corrected chi connectivity index (χ1v) is 9.43. The quantitative estimate of drug-likeness (QED) is 0.809. The average molecular weight is 367 g/mol. The zero-order chi connectivity index (χ0) is 20.3. The number of carboxylic acid groups (broad SMARTS) is 1. The van der Waals surface area contributed by atoms with Gasteiger partial charge in [0.15, 0.2) is 0 Å². The Bertz CT molecular complexity index is 866. The molecule has 27 heavy (non-hydrogen) atoms. The topological polar surface area (TPSA) is 57.6 Å². The van der Waals surface area contributed by atoms with Crippen LogP contribution in [0.25, 0.3) is 0 Å². The fourth-order valence-electron chi connectivity index (χ4n) is 3.95. The Kier molecular flexibility index (Phi) is 6.42. The molecule has 0 aliphatic rings. The van der Waals surface area contributed by atoms with Crippen molar-refractivity contribution in [3.8, 4) is 0 Å². The number of carbonyl (C=O) groups excluding carboxylic acids is 1. The Labute approximate surface area is 161 Å². The molecule has 0 fully saturated rings. The van der Waals surface area contributed by atoms with Crippen molar-refractivity contribution in [2.24, 2.45) is 0 Å². The van der Waals surface area contributed by atoms with Crippen molar-refractivity contribution in [3.05, 3.63) is 63.2 Å². The fourth-order valence-corrected chi connectivity index (χ4v) is 3.95. The Morgan fingerprint density at radius 1 is 0.889 bits per heavy atom. The first-order chi connectivity index (χ1) is 12.7. The molecule has 0 heterocycles. The summed E-state index contributed by atoms with van der Waals surface area (Å²) in [5, 5.41) is 9.46. The summed E-state index contributed by atoms with van der Waals surface area (Å²) in [5.41, 5.74) is 7.55. The number of nitrogens with zero attached hydrogens (tertiary/aromatic N) is 1. The van der Waals surface area contributed by atoms with E-state index in [1.807, 2.05) is 45.0 Å². The molecule has 0 unspecified atom stereocenters. The van der Waals surface area contributed by atoms with Gasteiger partial charge in [0.05, 0.1) is 12.1 Å². The molecule has 2 aromatic rings. The van der Waals surface area contributed by atoms with Crippen LogP contribution in [-0.2, 0) is 24.1 Å². The Morgan fingerprint density at radius 3 is 1.89 bits per heavy atom. The lowest BCUT2D eigenvalue weighted by molar-refractivity contribution is -0.136. The minimum absolute atomic E-state index is 0.0927. The number of anilines is 1. The van der Waals surface area contributed by atoms with E-state index in [4.69, 9.17) is 0 Å². The molecule has 0 aromatic heterocycles. The molecule has 0 radical (unpaired) electrons. The maximum Gasteiger partial charge on any atom is 0.307 e. The molecule has 0 saturated carbocycles. The van der Waals surface area contributed by atoms with Crippen molar-refractivity contribution in [1.82, 2.24) is 0 Å². The molecular formula is C23H29NO3. The van der Waals surface area contributed by atoms with Gasteiger partial charge in [-0.1, -0.05) is 31.5 Å². The second-order valence-corrected chi connectivity index (χ2v) is 7.04. The highest BCUT2D eigenvalue weighted by molar-refractivity contribution is 6.07. The van der Waals surface area contributed by atoms with Crippen LogP contribution in [0.15, 0.2) is 24.3 Å². The van der Waals surface area contributed by atoms with Gasteiger partial charge in [0.25, 0.3) is 5.91 Å². The van der Waals surface area contributed by atoms with Crippen LogP contribution in [0.1, 0.15) is 57.6 Å². The average Bonchev–Trinajstić information content (AvgIpc) is 2.63. The standard InChI is InChI=1S/C23H29NO3/c1-7-18-15(4)20(13-21(25)26)22(16(5)19(18)8-2)24(6)23(27)17-11-9-14(3)10-12-17/h9-12H,7-8,13H2,1-6H3,(H,25,26). The summed E-state index contributed by atoms with van der Waals surface area (Å²) < 4.78 is 0. The number of aliphatic carboxylic acids is 1. The molecule has 0 atom stereocenters. The summed E-state index contributed by atoms with van der Waals surface area (Å²) in [4.78, 5) is 26.2. The van der Waals surface area contributed by atoms with Crippen LogP contribution < -0.4 is 4.90 Å². The third-order valence-corrected chi connectivity index (χ3v) is 5.34. The SMILES string of the molecule is CCc1c(C)c(CC(=O)O)c(N(C)C(=O)c2ccc(C)cc2)c(C)c1CC. The van der Waals surface area contributed by atoms with Crippen LogP contribution in [0, 0.1) is 20.8 Å². The normalized spacial score (nSPS) is 10.7. The van der Waals surface area contributed by atoms with Crippen LogP contribution in [0.3, 0.4) is 0 Å². The van der Waals surface area contributed by atoms with Gasteiger partial charge in [0.2, 0.25) is 0 Å². The number of carboxylic acids is 1. The monoisotopic (exact) mass is 367 g/mol. The molecular weight excluding hydrogens is 338 g/mol. The highest BCUT2D eigenvalue weighted by Crippen LogP contribution is 2.35. The highest BCUT2D eigenvalue weighted by Gasteiger charge is 2.25. The number of hydrogen-bond donors (Lipinski definition) is 1. The molecule has 0 aliphatic carbocycles. The molecule has 0 bridgehead atoms. The zero-order valence-corrected chi connectivity index (χ0v) is 17.1. The van der Waals surface area contributed by atoms with E-state index in [1.165, 1.54) is 11.1 Å². The van der Waals surface area contributed by atoms with E-state index < -0.39 is 5.97 Å². The van der Waals surface area contributed by atoms with Gasteiger partial charge in [-0.25, -0.2) is 0 Å². The molecule has 1 N–H and O–H groups in total. The third-order valence-electron chi connectivity index (χ3n) is 5.34. The van der Waals surface area contributed by atoms with E-state index in [-0.39, 0.29) is 12.3 Å². The van der Waals surface area contributed by atoms with E-state index in [1.54, 1.807) is 11.9 Å². The molecule has 4 nitrogen and oxygen atoms in total. The van der Waals surface area contributed by atoms with Crippen molar-refractivity contribution in [1.29, 1.82) is 0 Å². The Hall–Kier alpha value is -2.62. The zero-order valence-electron chi connectivity index (χ0n) is 17.1. The first kappa shape index (κ1) is 20.7. The van der Waals surface area contributed by atoms with Crippen molar-refractivity contribution < 1.29 is 14.7 Å². The smallest absolute Gasteiger partial charge is 0.307 e. The van der Waals surface area contributed by atoms with Gasteiger partial charge in [0, 0.05) is 12.6 Å². The van der Waals surface area contributed by atoms with E-state index in [2.05, 4.69) is 13.8 Å². The molecule has 0 aliphatic heterocycles. The number of aryl methyl sites for hydroxylation is 1. The number of rotatable bonds is 6. The molecule has 0 spiro atoms. The minimum Gasteiger partial charge on any atom is -0.481 e. The summed E-state index contributed by atoms with van der Waals surface area (Å²) in [5.74, 6) is -1.02. The molecule has 2 aromatic carbocycles. The number of benzene rings is 2. The highest BCUT2D eigenvalue weighted by atomic mass is 16.4. The lowest BCUT2D eigenvalue weighted by Crippen LogP contribution is -2.29. The predicted octanol–water partition coefficient (Wildman–Crippen LogP) is 4.64. The maximum absolute atomic E-state index is 13.1. The van der Waals surface area contributed by atoms with Crippen LogP contribution in [0.5, 0.6) is 0 Å². The second-order valence-electron chi connectivity index (χ2n) is 7.04. The fraction of sp³-hybridized carbons (Fsp3) is 0.391. The number of carbonyl (C=O) groups is 2. The van der Waals surface area contributed by atoms with Crippen molar-refractivity contribution in [3.63, 3.8) is 0 Å². The lowest BCUT2D eigenvalue weighted by Gasteiger charge is -2.28. The predicted molar refractivity (Wildman–Crippen MR) is 110 cm³/mol. The van der Waals surface area contributed by atoms with E-state index in [0.29, 0.717) is 5.56 Å². The van der Waals surface area contributed by atoms with Gasteiger partial charge in [-0.2, -0.15) is 0 Å². The molecule has 4 heteroatoms. The van der Waals surface area contributed by atoms with E-state index in [0.717, 1.165) is 40.8 Å². The van der Waals surface area contributed by atoms with Crippen LogP contribution in [-0.4, -0.2) is 24.0 Å². The molecule has 1 amide bonds. The van der Waals surface area contributed by atoms with Gasteiger partial charge in [-0.3, -0.25) is 9.59 Å². The summed E-state index contributed by atoms with van der Waals surface area (Å²) in [6.07, 6.45) is 1.60. The van der Waals surface area contributed by atoms with Crippen molar-refractivity contribution in [2.45, 2.75) is 53.9 Å². The summed E-state index contributed by atoms with van der Waals surface area (Å²) in [7, 11) is 1.74. The van der Waals surface area contributed by atoms with Crippen LogP contribution in [0.2, 0.25) is 0 Å². The summed E-state index contributed by atoms with van der Waals surface area (Å²) in [6, 6.07) is 7.45. The minimum atomic E-state index is -0.888. The van der Waals surface area contributed by atoms with Crippen LogP contribution in [0.4, 0.5) is 5.69 Å². The van der Waals surface area contributed by atoms with Gasteiger partial charge in [-0.05, 0) is 73.6 Å². The number of hydrogen-bond acceptors (Lipinski definition) is 2. The van der Waals surface area contributed by atoms with E-state index in [9.17, 15) is 14.7 Å². The van der Waals surface area contributed by atoms with Gasteiger partial charge in [0.1, 0.15) is 0 Å². The third kappa shape index (κ3) is 4.05. The van der Waals surface area contributed by atoms with Crippen molar-refractivity contribution >= 4 is 17.6 Å². The summed E-state index contributed by atoms with van der Waals surface area (Å²) >= 11 is 0. The van der Waals surface area contributed by atoms with Crippen LogP contribution >= 0.6 is 0 Å². The molecule has 2 rings (SSSR count). The lowest BCUT2D eigenvalue weighted by atomic mass is 9.86. The largest absolute Gasteiger partial charge is 0.481 e. The van der Waals surface area contributed by atoms with E-state index >= 15 is 0 Å². The van der Waals surface area contributed by atoms with Gasteiger partial charge >= 0.3 is 5.97 Å². The molecule has 0 saturated heterocycles. The first-order valence-electron chi connectivity index (χ1n) is 9.43. The molecule has 144 valence electrons. The Balaban J connectivity index is 2.68. The second kappa shape index (κ2) is 8.38. The summed E-state index contributed by atoms with van der Waals surface area (Å²) in [6.45, 7) is 10.1. The maximum atomic E-state index is 13.1. The van der Waals surface area contributed by atoms with Gasteiger partial charge in [-0.15, -0.1) is 0 Å².